The molecule has 5 aromatic rings. The molecule has 2 N–H and O–H groups in total. The predicted molar refractivity (Wildman–Crippen MR) is 161 cm³/mol. The van der Waals surface area contributed by atoms with E-state index < -0.39 is 0 Å². The van der Waals surface area contributed by atoms with Gasteiger partial charge in [0.1, 0.15) is 22.9 Å². The van der Waals surface area contributed by atoms with Crippen molar-refractivity contribution in [2.24, 2.45) is 18.1 Å². The maximum absolute atomic E-state index is 13.6. The lowest BCUT2D eigenvalue weighted by Gasteiger charge is -2.39. The highest BCUT2D eigenvalue weighted by Crippen LogP contribution is 2.35. The second-order valence-electron chi connectivity index (χ2n) is 10.9. The normalized spacial score (nSPS) is 16.7. The molecule has 2 aliphatic rings. The van der Waals surface area contributed by atoms with Crippen molar-refractivity contribution in [3.8, 4) is 22.6 Å². The lowest BCUT2D eigenvalue weighted by atomic mass is 9.85. The highest BCUT2D eigenvalue weighted by Gasteiger charge is 2.35. The second-order valence-corrected chi connectivity index (χ2v) is 10.9. The molecule has 2 aliphatic heterocycles. The molecule has 7 rings (SSSR count). The number of imidazole rings is 1. The number of benzene rings is 2. The zero-order valence-corrected chi connectivity index (χ0v) is 23.6. The first-order valence-corrected chi connectivity index (χ1v) is 14.2. The summed E-state index contributed by atoms with van der Waals surface area (Å²) in [7, 11) is 1.98. The number of carbonyl (C=O) groups excluding carboxylic acids is 1. The first kappa shape index (κ1) is 26.0. The Morgan fingerprint density at radius 1 is 1.02 bits per heavy atom. The van der Waals surface area contributed by atoms with Crippen LogP contribution in [-0.2, 0) is 7.05 Å². The second kappa shape index (κ2) is 10.8. The summed E-state index contributed by atoms with van der Waals surface area (Å²) in [5.74, 6) is 1.81. The molecule has 2 aromatic carbocycles. The predicted octanol–water partition coefficient (Wildman–Crippen LogP) is 5.15. The number of pyridine rings is 1. The number of nitrogens with one attached hydrogen (secondary N) is 2. The third-order valence-electron chi connectivity index (χ3n) is 8.19. The number of aryl methyl sites for hydroxylation is 1. The fourth-order valence-corrected chi connectivity index (χ4v) is 6.03. The Hall–Kier alpha value is -4.96. The number of fused-ring (bicyclic) bond motifs is 1. The van der Waals surface area contributed by atoms with Crippen LogP contribution in [0, 0.1) is 5.92 Å². The lowest BCUT2D eigenvalue weighted by molar-refractivity contribution is 0.0348. The Labute approximate surface area is 243 Å². The van der Waals surface area contributed by atoms with Gasteiger partial charge >= 0.3 is 0 Å². The number of likely N-dealkylation sites (tertiary alicyclic amines) is 1. The van der Waals surface area contributed by atoms with E-state index in [0.29, 0.717) is 30.5 Å². The maximum atomic E-state index is 13.6. The van der Waals surface area contributed by atoms with Gasteiger partial charge in [0.2, 0.25) is 0 Å². The first-order chi connectivity index (χ1) is 20.5. The van der Waals surface area contributed by atoms with E-state index in [1.165, 1.54) is 5.56 Å². The molecule has 0 aliphatic carbocycles. The minimum absolute atomic E-state index is 0.0576. The molecule has 42 heavy (non-hydrogen) atoms. The van der Waals surface area contributed by atoms with Gasteiger partial charge in [0.05, 0.1) is 24.3 Å². The molecule has 0 bridgehead atoms. The van der Waals surface area contributed by atoms with Crippen LogP contribution in [-0.4, -0.2) is 49.4 Å². The fourth-order valence-electron chi connectivity index (χ4n) is 6.03. The molecule has 0 radical (unpaired) electrons. The van der Waals surface area contributed by atoms with Gasteiger partial charge in [-0.3, -0.25) is 15.2 Å². The molecule has 1 atom stereocenters. The average molecular weight is 561 g/mol. The number of amides is 1. The van der Waals surface area contributed by atoms with Crippen LogP contribution in [0.25, 0.3) is 33.6 Å². The number of hydrazone groups is 1. The van der Waals surface area contributed by atoms with Gasteiger partial charge in [0, 0.05) is 42.8 Å². The number of aromatic nitrogens is 3. The van der Waals surface area contributed by atoms with Gasteiger partial charge in [0.25, 0.3) is 5.91 Å². The fraction of sp³-hybridized carbons (Fsp3) is 0.250. The molecule has 0 saturated carbocycles. The van der Waals surface area contributed by atoms with Crippen molar-refractivity contribution in [1.82, 2.24) is 35.5 Å². The molecule has 0 spiro atoms. The van der Waals surface area contributed by atoms with Crippen LogP contribution in [0.5, 0.6) is 0 Å². The lowest BCUT2D eigenvalue weighted by Crippen LogP contribution is -2.49. The van der Waals surface area contributed by atoms with Crippen molar-refractivity contribution in [3.05, 3.63) is 96.7 Å². The highest BCUT2D eigenvalue weighted by molar-refractivity contribution is 5.94. The molecule has 1 unspecified atom stereocenters. The SMILES string of the molecule is CC1=NNN(C(c2ccccc2)C2CCN(C(=O)c3cc(-c4cc5cc(-c6cncn6C)ccc5o4)ccn3)CC2)N1. The highest BCUT2D eigenvalue weighted by atomic mass is 16.3. The van der Waals surface area contributed by atoms with Gasteiger partial charge in [0.15, 0.2) is 0 Å². The van der Waals surface area contributed by atoms with Crippen LogP contribution in [0.3, 0.4) is 0 Å². The minimum Gasteiger partial charge on any atom is -0.456 e. The number of furan rings is 1. The molecular formula is C32H32N8O2. The topological polar surface area (TPSA) is 104 Å². The number of amidine groups is 1. The molecule has 1 amide bonds. The summed E-state index contributed by atoms with van der Waals surface area (Å²) < 4.78 is 8.16. The Morgan fingerprint density at radius 3 is 2.60 bits per heavy atom. The molecule has 10 nitrogen and oxygen atoms in total. The molecule has 10 heteroatoms. The van der Waals surface area contributed by atoms with Crippen molar-refractivity contribution < 1.29 is 9.21 Å². The van der Waals surface area contributed by atoms with Crippen LogP contribution in [0.2, 0.25) is 0 Å². The number of nitrogens with zero attached hydrogens (tertiary/aromatic N) is 6. The number of hydrazine groups is 2. The number of carbonyl (C=O) groups is 1. The van der Waals surface area contributed by atoms with Gasteiger partial charge in [-0.2, -0.15) is 0 Å². The van der Waals surface area contributed by atoms with Crippen LogP contribution >= 0.6 is 0 Å². The summed E-state index contributed by atoms with van der Waals surface area (Å²) in [5, 5.41) is 7.27. The number of hydrogen-bond donors (Lipinski definition) is 2. The van der Waals surface area contributed by atoms with E-state index in [4.69, 9.17) is 4.42 Å². The summed E-state index contributed by atoms with van der Waals surface area (Å²) in [6, 6.07) is 22.4. The largest absolute Gasteiger partial charge is 0.456 e. The quantitative estimate of drug-likeness (QED) is 0.296. The van der Waals surface area contributed by atoms with Crippen LogP contribution < -0.4 is 11.0 Å². The summed E-state index contributed by atoms with van der Waals surface area (Å²) >= 11 is 0. The van der Waals surface area contributed by atoms with Crippen molar-refractivity contribution in [2.45, 2.75) is 25.8 Å². The molecule has 1 saturated heterocycles. The Balaban J connectivity index is 1.07. The molecular weight excluding hydrogens is 528 g/mol. The van der Waals surface area contributed by atoms with Gasteiger partial charge < -0.3 is 13.9 Å². The van der Waals surface area contributed by atoms with E-state index in [0.717, 1.165) is 46.5 Å². The number of hydrogen-bond acceptors (Lipinski definition) is 8. The summed E-state index contributed by atoms with van der Waals surface area (Å²) in [6.45, 7) is 3.25. The van der Waals surface area contributed by atoms with Crippen molar-refractivity contribution in [1.29, 1.82) is 0 Å². The first-order valence-electron chi connectivity index (χ1n) is 14.2. The Kier molecular flexibility index (Phi) is 6.67. The van der Waals surface area contributed by atoms with E-state index in [1.807, 2.05) is 71.2 Å². The summed E-state index contributed by atoms with van der Waals surface area (Å²) in [6.07, 6.45) is 7.06. The van der Waals surface area contributed by atoms with Crippen LogP contribution in [0.1, 0.15) is 41.9 Å². The van der Waals surface area contributed by atoms with Crippen molar-refractivity contribution in [2.75, 3.05) is 13.1 Å². The van der Waals surface area contributed by atoms with Gasteiger partial charge in [-0.15, -0.1) is 10.2 Å². The third kappa shape index (κ3) is 4.90. The van der Waals surface area contributed by atoms with Crippen molar-refractivity contribution in [3.63, 3.8) is 0 Å². The summed E-state index contributed by atoms with van der Waals surface area (Å²) in [4.78, 5) is 24.2. The van der Waals surface area contributed by atoms with E-state index in [2.05, 4.69) is 56.4 Å². The number of piperidine rings is 1. The standard InChI is InChI=1S/C32H32N8O2/c1-21-35-37-40(36-21)31(22-6-4-3-5-7-22)23-11-14-39(15-12-23)32(41)27-17-25(10-13-34-27)30-18-26-16-24(8-9-29(26)42-30)28-19-33-20-38(28)2/h3-10,13,16-20,23,31,37H,11-12,14-15H2,1-2H3,(H,35,36). The molecule has 1 fully saturated rings. The van der Waals surface area contributed by atoms with Gasteiger partial charge in [-0.05, 0) is 67.6 Å². The Morgan fingerprint density at radius 2 is 1.86 bits per heavy atom. The van der Waals surface area contributed by atoms with Crippen molar-refractivity contribution >= 4 is 22.7 Å². The molecule has 3 aromatic heterocycles. The van der Waals surface area contributed by atoms with E-state index in [-0.39, 0.29) is 11.9 Å². The average Bonchev–Trinajstić information content (AvgIpc) is 3.77. The van der Waals surface area contributed by atoms with Crippen LogP contribution in [0.15, 0.2) is 95.0 Å². The summed E-state index contributed by atoms with van der Waals surface area (Å²) in [5.41, 5.74) is 11.8. The van der Waals surface area contributed by atoms with Gasteiger partial charge in [-0.1, -0.05) is 30.3 Å². The smallest absolute Gasteiger partial charge is 0.272 e. The minimum atomic E-state index is -0.0576. The van der Waals surface area contributed by atoms with E-state index in [1.54, 1.807) is 12.5 Å². The molecule has 212 valence electrons. The number of rotatable bonds is 6. The third-order valence-corrected chi connectivity index (χ3v) is 8.19. The van der Waals surface area contributed by atoms with E-state index >= 15 is 0 Å². The van der Waals surface area contributed by atoms with Gasteiger partial charge in [-0.25, -0.2) is 10.5 Å². The zero-order valence-electron chi connectivity index (χ0n) is 23.6. The maximum Gasteiger partial charge on any atom is 0.272 e. The van der Waals surface area contributed by atoms with E-state index in [9.17, 15) is 4.79 Å². The monoisotopic (exact) mass is 560 g/mol. The Bertz CT molecular complexity index is 1770. The zero-order chi connectivity index (χ0) is 28.6. The van der Waals surface area contributed by atoms with Crippen LogP contribution in [0.4, 0.5) is 0 Å². The molecule has 5 heterocycles.